The van der Waals surface area contributed by atoms with Crippen LogP contribution in [0.25, 0.3) is 0 Å². The molecular weight excluding hydrogens is 226 g/mol. The third-order valence-electron chi connectivity index (χ3n) is 2.57. The Labute approximate surface area is 100 Å². The van der Waals surface area contributed by atoms with Crippen LogP contribution in [0, 0.1) is 11.3 Å². The second-order valence-corrected chi connectivity index (χ2v) is 5.34. The third-order valence-corrected chi connectivity index (χ3v) is 2.80. The van der Waals surface area contributed by atoms with Gasteiger partial charge in [-0.3, -0.25) is 4.79 Å². The van der Waals surface area contributed by atoms with Gasteiger partial charge in [-0.2, -0.15) is 0 Å². The molecule has 0 bridgehead atoms. The van der Waals surface area contributed by atoms with Gasteiger partial charge in [0.1, 0.15) is 5.15 Å². The largest absolute Gasteiger partial charge is 0.481 e. The molecule has 88 valence electrons. The van der Waals surface area contributed by atoms with Crippen molar-refractivity contribution in [3.8, 4) is 0 Å². The van der Waals surface area contributed by atoms with E-state index in [4.69, 9.17) is 11.6 Å². The summed E-state index contributed by atoms with van der Waals surface area (Å²) in [5.41, 5.74) is 0.623. The number of halogens is 1. The number of carbonyl (C=O) groups is 1. The van der Waals surface area contributed by atoms with E-state index in [2.05, 4.69) is 4.98 Å². The molecule has 4 heteroatoms. The van der Waals surface area contributed by atoms with E-state index >= 15 is 0 Å². The van der Waals surface area contributed by atoms with Crippen LogP contribution in [0.4, 0.5) is 0 Å². The Bertz CT molecular complexity index is 368. The first kappa shape index (κ1) is 13.0. The highest BCUT2D eigenvalue weighted by Gasteiger charge is 2.31. The fourth-order valence-corrected chi connectivity index (χ4v) is 1.64. The minimum Gasteiger partial charge on any atom is -0.481 e. The Morgan fingerprint density at radius 1 is 1.50 bits per heavy atom. The topological polar surface area (TPSA) is 50.2 Å². The number of carboxylic acids is 1. The first-order valence-electron chi connectivity index (χ1n) is 5.14. The van der Waals surface area contributed by atoms with Gasteiger partial charge in [0.25, 0.3) is 0 Å². The quantitative estimate of drug-likeness (QED) is 0.828. The van der Waals surface area contributed by atoms with E-state index in [1.165, 1.54) is 0 Å². The molecule has 1 aromatic heterocycles. The number of rotatable bonds is 3. The number of nitrogens with zero attached hydrogens (tertiary/aromatic N) is 1. The molecule has 0 aliphatic heterocycles. The monoisotopic (exact) mass is 241 g/mol. The Hall–Kier alpha value is -1.09. The highest BCUT2D eigenvalue weighted by molar-refractivity contribution is 6.29. The van der Waals surface area contributed by atoms with Gasteiger partial charge in [0.2, 0.25) is 0 Å². The van der Waals surface area contributed by atoms with E-state index in [0.29, 0.717) is 11.6 Å². The highest BCUT2D eigenvalue weighted by Crippen LogP contribution is 2.29. The molecule has 1 aromatic rings. The van der Waals surface area contributed by atoms with Gasteiger partial charge in [0.15, 0.2) is 0 Å². The Balaban J connectivity index is 2.84. The van der Waals surface area contributed by atoms with Crippen molar-refractivity contribution < 1.29 is 9.90 Å². The number of aliphatic carboxylic acids is 1. The van der Waals surface area contributed by atoms with E-state index in [1.807, 2.05) is 26.8 Å². The average molecular weight is 242 g/mol. The third kappa shape index (κ3) is 3.49. The lowest BCUT2D eigenvalue weighted by atomic mass is 9.77. The van der Waals surface area contributed by atoms with Crippen molar-refractivity contribution in [1.82, 2.24) is 4.98 Å². The zero-order chi connectivity index (χ0) is 12.3. The van der Waals surface area contributed by atoms with E-state index in [0.717, 1.165) is 5.56 Å². The van der Waals surface area contributed by atoms with Gasteiger partial charge in [0.05, 0.1) is 5.92 Å². The van der Waals surface area contributed by atoms with Crippen LogP contribution in [-0.4, -0.2) is 16.1 Å². The Morgan fingerprint density at radius 3 is 2.50 bits per heavy atom. The van der Waals surface area contributed by atoms with Crippen molar-refractivity contribution in [2.24, 2.45) is 11.3 Å². The molecule has 1 N–H and O–H groups in total. The summed E-state index contributed by atoms with van der Waals surface area (Å²) in [6.07, 6.45) is 2.10. The van der Waals surface area contributed by atoms with Crippen molar-refractivity contribution in [2.45, 2.75) is 27.2 Å². The second-order valence-electron chi connectivity index (χ2n) is 4.95. The fourth-order valence-electron chi connectivity index (χ4n) is 1.53. The van der Waals surface area contributed by atoms with Gasteiger partial charge in [-0.1, -0.05) is 38.4 Å². The zero-order valence-electron chi connectivity index (χ0n) is 9.70. The summed E-state index contributed by atoms with van der Waals surface area (Å²) >= 11 is 5.67. The Kier molecular flexibility index (Phi) is 3.92. The summed E-state index contributed by atoms with van der Waals surface area (Å²) in [5, 5.41) is 9.60. The first-order valence-corrected chi connectivity index (χ1v) is 5.51. The first-order chi connectivity index (χ1) is 7.30. The van der Waals surface area contributed by atoms with Gasteiger partial charge < -0.3 is 5.11 Å². The van der Waals surface area contributed by atoms with Crippen molar-refractivity contribution in [2.75, 3.05) is 0 Å². The highest BCUT2D eigenvalue weighted by atomic mass is 35.5. The minimum atomic E-state index is -0.776. The predicted molar refractivity (Wildman–Crippen MR) is 63.5 cm³/mol. The van der Waals surface area contributed by atoms with Crippen molar-refractivity contribution in [3.05, 3.63) is 29.0 Å². The van der Waals surface area contributed by atoms with Gasteiger partial charge in [-0.15, -0.1) is 0 Å². The smallest absolute Gasteiger partial charge is 0.307 e. The molecule has 0 aliphatic rings. The summed E-state index contributed by atoms with van der Waals surface area (Å²) in [4.78, 5) is 15.1. The molecule has 0 aromatic carbocycles. The van der Waals surface area contributed by atoms with Crippen LogP contribution in [0.15, 0.2) is 18.3 Å². The number of hydrogen-bond acceptors (Lipinski definition) is 2. The predicted octanol–water partition coefficient (Wildman–Crippen LogP) is 3.02. The van der Waals surface area contributed by atoms with Crippen molar-refractivity contribution in [1.29, 1.82) is 0 Å². The van der Waals surface area contributed by atoms with Crippen LogP contribution in [0.5, 0.6) is 0 Å². The van der Waals surface area contributed by atoms with E-state index in [-0.39, 0.29) is 5.41 Å². The van der Waals surface area contributed by atoms with E-state index in [9.17, 15) is 9.90 Å². The summed E-state index contributed by atoms with van der Waals surface area (Å²) < 4.78 is 0. The molecule has 0 amide bonds. The molecule has 0 fully saturated rings. The molecule has 1 heterocycles. The van der Waals surface area contributed by atoms with Crippen molar-refractivity contribution in [3.63, 3.8) is 0 Å². The maximum absolute atomic E-state index is 11.2. The molecule has 0 aliphatic carbocycles. The summed E-state index contributed by atoms with van der Waals surface area (Å²) in [6, 6.07) is 3.50. The molecule has 1 atom stereocenters. The maximum Gasteiger partial charge on any atom is 0.307 e. The summed E-state index contributed by atoms with van der Waals surface area (Å²) in [7, 11) is 0. The van der Waals surface area contributed by atoms with E-state index < -0.39 is 11.9 Å². The molecule has 0 saturated heterocycles. The summed E-state index contributed by atoms with van der Waals surface area (Å²) in [5.74, 6) is -1.20. The van der Waals surface area contributed by atoms with Crippen LogP contribution < -0.4 is 0 Å². The van der Waals surface area contributed by atoms with Crippen LogP contribution >= 0.6 is 11.6 Å². The number of hydrogen-bond donors (Lipinski definition) is 1. The molecule has 0 spiro atoms. The molecule has 1 unspecified atom stereocenters. The van der Waals surface area contributed by atoms with Gasteiger partial charge in [-0.05, 0) is 23.5 Å². The molecule has 0 saturated carbocycles. The van der Waals surface area contributed by atoms with Gasteiger partial charge >= 0.3 is 5.97 Å². The normalized spacial score (nSPS) is 13.5. The fraction of sp³-hybridized carbons (Fsp3) is 0.500. The van der Waals surface area contributed by atoms with Gasteiger partial charge in [0, 0.05) is 6.20 Å². The number of carboxylic acid groups (broad SMARTS) is 1. The minimum absolute atomic E-state index is 0.272. The van der Waals surface area contributed by atoms with Crippen LogP contribution in [-0.2, 0) is 11.2 Å². The molecule has 3 nitrogen and oxygen atoms in total. The molecular formula is C12H16ClNO2. The van der Waals surface area contributed by atoms with Crippen molar-refractivity contribution >= 4 is 17.6 Å². The maximum atomic E-state index is 11.2. The average Bonchev–Trinajstić information content (AvgIpc) is 2.14. The lowest BCUT2D eigenvalue weighted by Crippen LogP contribution is -2.30. The number of pyridine rings is 1. The Morgan fingerprint density at radius 2 is 2.12 bits per heavy atom. The lowest BCUT2D eigenvalue weighted by Gasteiger charge is -2.26. The molecule has 16 heavy (non-hydrogen) atoms. The van der Waals surface area contributed by atoms with Crippen LogP contribution in [0.2, 0.25) is 5.15 Å². The SMILES string of the molecule is CC(C)(C)C(Cc1ccc(Cl)nc1)C(=O)O. The standard InChI is InChI=1S/C12H16ClNO2/c1-12(2,3)9(11(15)16)6-8-4-5-10(13)14-7-8/h4-5,7,9H,6H2,1-3H3,(H,15,16). The lowest BCUT2D eigenvalue weighted by molar-refractivity contribution is -0.145. The molecule has 1 rings (SSSR count). The van der Waals surface area contributed by atoms with Crippen LogP contribution in [0.3, 0.4) is 0 Å². The van der Waals surface area contributed by atoms with Gasteiger partial charge in [-0.25, -0.2) is 4.98 Å². The number of aromatic nitrogens is 1. The summed E-state index contributed by atoms with van der Waals surface area (Å²) in [6.45, 7) is 5.78. The van der Waals surface area contributed by atoms with E-state index in [1.54, 1.807) is 12.3 Å². The zero-order valence-corrected chi connectivity index (χ0v) is 10.5. The van der Waals surface area contributed by atoms with Crippen LogP contribution in [0.1, 0.15) is 26.3 Å². The second kappa shape index (κ2) is 4.83. The molecule has 0 radical (unpaired) electrons.